The monoisotopic (exact) mass is 264 g/mol. The molecule has 0 aromatic heterocycles. The average molecular weight is 264 g/mol. The molecule has 2 fully saturated rings. The van der Waals surface area contributed by atoms with E-state index in [1.54, 1.807) is 4.90 Å². The molecule has 0 radical (unpaired) electrons. The van der Waals surface area contributed by atoms with E-state index in [9.17, 15) is 13.2 Å². The normalized spacial score (nSPS) is 30.3. The van der Waals surface area contributed by atoms with Crippen LogP contribution in [0.4, 0.5) is 13.2 Å². The SMILES string of the molecule is CC1CCNC2(CCCCC2)CN1CC(F)(F)F. The van der Waals surface area contributed by atoms with Gasteiger partial charge in [0.1, 0.15) is 0 Å². The molecule has 2 nitrogen and oxygen atoms in total. The van der Waals surface area contributed by atoms with Gasteiger partial charge in [0, 0.05) is 18.1 Å². The van der Waals surface area contributed by atoms with Gasteiger partial charge in [0.25, 0.3) is 0 Å². The lowest BCUT2D eigenvalue weighted by Gasteiger charge is -2.41. The van der Waals surface area contributed by atoms with Gasteiger partial charge in [-0.25, -0.2) is 0 Å². The number of hydrogen-bond acceptors (Lipinski definition) is 2. The van der Waals surface area contributed by atoms with Crippen molar-refractivity contribution in [3.63, 3.8) is 0 Å². The molecule has 1 aliphatic carbocycles. The highest BCUT2D eigenvalue weighted by molar-refractivity contribution is 4.97. The summed E-state index contributed by atoms with van der Waals surface area (Å²) < 4.78 is 37.9. The third-order valence-corrected chi connectivity index (χ3v) is 4.38. The summed E-state index contributed by atoms with van der Waals surface area (Å²) in [6, 6.07) is 0.0143. The van der Waals surface area contributed by atoms with Crippen molar-refractivity contribution in [3.05, 3.63) is 0 Å². The number of nitrogens with zero attached hydrogens (tertiary/aromatic N) is 1. The molecule has 0 aromatic carbocycles. The van der Waals surface area contributed by atoms with Gasteiger partial charge >= 0.3 is 6.18 Å². The number of rotatable bonds is 1. The van der Waals surface area contributed by atoms with Gasteiger partial charge in [-0.05, 0) is 32.7 Å². The van der Waals surface area contributed by atoms with E-state index < -0.39 is 12.7 Å². The fourth-order valence-electron chi connectivity index (χ4n) is 3.33. The van der Waals surface area contributed by atoms with Crippen molar-refractivity contribution in [2.75, 3.05) is 19.6 Å². The van der Waals surface area contributed by atoms with Crippen LogP contribution in [0.15, 0.2) is 0 Å². The largest absolute Gasteiger partial charge is 0.401 e. The summed E-state index contributed by atoms with van der Waals surface area (Å²) in [6.07, 6.45) is 2.26. The molecule has 5 heteroatoms. The van der Waals surface area contributed by atoms with Crippen molar-refractivity contribution in [3.8, 4) is 0 Å². The lowest BCUT2D eigenvalue weighted by Crippen LogP contribution is -2.54. The minimum atomic E-state index is -4.09. The van der Waals surface area contributed by atoms with E-state index in [2.05, 4.69) is 5.32 Å². The Balaban J connectivity index is 2.06. The zero-order chi connectivity index (χ0) is 13.2. The van der Waals surface area contributed by atoms with Gasteiger partial charge in [0.2, 0.25) is 0 Å². The topological polar surface area (TPSA) is 15.3 Å². The predicted molar refractivity (Wildman–Crippen MR) is 65.5 cm³/mol. The van der Waals surface area contributed by atoms with E-state index in [0.717, 1.165) is 38.6 Å². The van der Waals surface area contributed by atoms with Crippen LogP contribution in [0.25, 0.3) is 0 Å². The molecule has 106 valence electrons. The summed E-state index contributed by atoms with van der Waals surface area (Å²) in [7, 11) is 0. The van der Waals surface area contributed by atoms with Crippen LogP contribution in [-0.4, -0.2) is 42.3 Å². The van der Waals surface area contributed by atoms with Gasteiger partial charge < -0.3 is 5.32 Å². The van der Waals surface area contributed by atoms with Gasteiger partial charge in [-0.2, -0.15) is 13.2 Å². The summed E-state index contributed by atoms with van der Waals surface area (Å²) in [4.78, 5) is 1.63. The number of alkyl halides is 3. The standard InChI is InChI=1S/C13H23F3N2/c1-11-5-8-17-12(6-3-2-4-7-12)9-18(11)10-13(14,15)16/h11,17H,2-10H2,1H3. The molecular formula is C13H23F3N2. The maximum Gasteiger partial charge on any atom is 0.401 e. The lowest BCUT2D eigenvalue weighted by atomic mass is 9.81. The predicted octanol–water partition coefficient (Wildman–Crippen LogP) is 2.94. The van der Waals surface area contributed by atoms with E-state index >= 15 is 0 Å². The molecule has 2 aliphatic rings. The van der Waals surface area contributed by atoms with Crippen molar-refractivity contribution in [1.82, 2.24) is 10.2 Å². The quantitative estimate of drug-likeness (QED) is 0.783. The van der Waals surface area contributed by atoms with Gasteiger partial charge in [-0.15, -0.1) is 0 Å². The summed E-state index contributed by atoms with van der Waals surface area (Å²) in [5.41, 5.74) is -0.0613. The van der Waals surface area contributed by atoms with E-state index in [1.807, 2.05) is 6.92 Å². The summed E-state index contributed by atoms with van der Waals surface area (Å²) in [5, 5.41) is 3.53. The van der Waals surface area contributed by atoms with E-state index in [-0.39, 0.29) is 11.6 Å². The fraction of sp³-hybridized carbons (Fsp3) is 1.00. The lowest BCUT2D eigenvalue weighted by molar-refractivity contribution is -0.152. The number of hydrogen-bond donors (Lipinski definition) is 1. The molecule has 18 heavy (non-hydrogen) atoms. The third kappa shape index (κ3) is 3.60. The zero-order valence-corrected chi connectivity index (χ0v) is 11.0. The maximum absolute atomic E-state index is 12.6. The van der Waals surface area contributed by atoms with Crippen LogP contribution in [0.2, 0.25) is 0 Å². The molecule has 0 amide bonds. The molecule has 1 saturated heterocycles. The number of nitrogens with one attached hydrogen (secondary N) is 1. The van der Waals surface area contributed by atoms with Gasteiger partial charge in [-0.3, -0.25) is 4.90 Å². The Morgan fingerprint density at radius 3 is 2.50 bits per heavy atom. The highest BCUT2D eigenvalue weighted by Crippen LogP contribution is 2.32. The van der Waals surface area contributed by atoms with E-state index in [0.29, 0.717) is 6.54 Å². The minimum absolute atomic E-state index is 0.0143. The van der Waals surface area contributed by atoms with Crippen molar-refractivity contribution in [1.29, 1.82) is 0 Å². The molecule has 0 bridgehead atoms. The highest BCUT2D eigenvalue weighted by Gasteiger charge is 2.40. The Hall–Kier alpha value is -0.290. The maximum atomic E-state index is 12.6. The summed E-state index contributed by atoms with van der Waals surface area (Å²) in [5.74, 6) is 0. The number of halogens is 3. The van der Waals surface area contributed by atoms with Crippen LogP contribution in [0.3, 0.4) is 0 Å². The Morgan fingerprint density at radius 2 is 1.89 bits per heavy atom. The van der Waals surface area contributed by atoms with Crippen LogP contribution in [0, 0.1) is 0 Å². The molecule has 1 saturated carbocycles. The van der Waals surface area contributed by atoms with Crippen molar-refractivity contribution in [2.24, 2.45) is 0 Å². The highest BCUT2D eigenvalue weighted by atomic mass is 19.4. The van der Waals surface area contributed by atoms with Gasteiger partial charge in [0.05, 0.1) is 6.54 Å². The zero-order valence-electron chi connectivity index (χ0n) is 11.0. The summed E-state index contributed by atoms with van der Waals surface area (Å²) >= 11 is 0. The van der Waals surface area contributed by atoms with Gasteiger partial charge in [0.15, 0.2) is 0 Å². The smallest absolute Gasteiger partial charge is 0.310 e. The van der Waals surface area contributed by atoms with Crippen molar-refractivity contribution in [2.45, 2.75) is 63.2 Å². The Labute approximate surface area is 107 Å². The van der Waals surface area contributed by atoms with Gasteiger partial charge in [-0.1, -0.05) is 19.3 Å². The second-order valence-corrected chi connectivity index (χ2v) is 5.93. The molecule has 1 unspecified atom stereocenters. The third-order valence-electron chi connectivity index (χ3n) is 4.38. The van der Waals surface area contributed by atoms with Crippen LogP contribution >= 0.6 is 0 Å². The second-order valence-electron chi connectivity index (χ2n) is 5.93. The minimum Gasteiger partial charge on any atom is -0.310 e. The fourth-order valence-corrected chi connectivity index (χ4v) is 3.33. The van der Waals surface area contributed by atoms with E-state index in [1.165, 1.54) is 6.42 Å². The Morgan fingerprint density at radius 1 is 1.22 bits per heavy atom. The molecule has 1 atom stereocenters. The molecule has 0 aromatic rings. The first kappa shape index (κ1) is 14.1. The Kier molecular flexibility index (Phi) is 4.22. The molecule has 1 N–H and O–H groups in total. The Bertz CT molecular complexity index is 272. The van der Waals surface area contributed by atoms with E-state index in [4.69, 9.17) is 0 Å². The van der Waals surface area contributed by atoms with Crippen LogP contribution in [-0.2, 0) is 0 Å². The first-order chi connectivity index (χ1) is 8.40. The molecular weight excluding hydrogens is 241 g/mol. The molecule has 1 spiro atoms. The van der Waals surface area contributed by atoms with Crippen molar-refractivity contribution < 1.29 is 13.2 Å². The average Bonchev–Trinajstić information content (AvgIpc) is 2.39. The summed E-state index contributed by atoms with van der Waals surface area (Å²) in [6.45, 7) is 2.54. The molecule has 2 rings (SSSR count). The first-order valence-electron chi connectivity index (χ1n) is 6.96. The first-order valence-corrected chi connectivity index (χ1v) is 6.96. The van der Waals surface area contributed by atoms with Crippen LogP contribution in [0.5, 0.6) is 0 Å². The van der Waals surface area contributed by atoms with Crippen LogP contribution < -0.4 is 5.32 Å². The molecule has 1 heterocycles. The molecule has 1 aliphatic heterocycles. The van der Waals surface area contributed by atoms with Crippen molar-refractivity contribution >= 4 is 0 Å². The second kappa shape index (κ2) is 5.37. The van der Waals surface area contributed by atoms with Crippen LogP contribution in [0.1, 0.15) is 45.4 Å².